The molecule has 9 heteroatoms. The number of nitrogens with two attached hydrogens (primary N) is 1. The van der Waals surface area contributed by atoms with Crippen molar-refractivity contribution >= 4 is 39.1 Å². The van der Waals surface area contributed by atoms with Gasteiger partial charge in [-0.15, -0.1) is 0 Å². The van der Waals surface area contributed by atoms with Gasteiger partial charge in [0.2, 0.25) is 0 Å². The first-order chi connectivity index (χ1) is 14.4. The number of ether oxygens (including phenoxy) is 2. The van der Waals surface area contributed by atoms with Crippen LogP contribution < -0.4 is 5.73 Å². The number of benzene rings is 1. The van der Waals surface area contributed by atoms with E-state index in [2.05, 4.69) is 20.8 Å². The van der Waals surface area contributed by atoms with Gasteiger partial charge in [-0.2, -0.15) is 0 Å². The quantitative estimate of drug-likeness (QED) is 0.351. The Morgan fingerprint density at radius 3 is 2.53 bits per heavy atom. The first-order valence-corrected chi connectivity index (χ1v) is 11.5. The van der Waals surface area contributed by atoms with Gasteiger partial charge in [0.05, 0.1) is 20.7 Å². The molecule has 0 aromatic heterocycles. The Labute approximate surface area is 192 Å². The fraction of sp³-hybridized carbons (Fsp3) is 0.667. The van der Waals surface area contributed by atoms with Crippen molar-refractivity contribution in [2.45, 2.75) is 38.1 Å². The molecule has 2 rings (SSSR count). The topological polar surface area (TPSA) is 88.3 Å². The van der Waals surface area contributed by atoms with Crippen LogP contribution in [-0.4, -0.2) is 80.5 Å². The van der Waals surface area contributed by atoms with E-state index in [1.807, 2.05) is 4.90 Å². The van der Waals surface area contributed by atoms with Crippen molar-refractivity contribution in [3.63, 3.8) is 0 Å². The van der Waals surface area contributed by atoms with Crippen LogP contribution in [0.25, 0.3) is 0 Å². The van der Waals surface area contributed by atoms with E-state index in [4.69, 9.17) is 26.8 Å². The Morgan fingerprint density at radius 2 is 1.90 bits per heavy atom. The van der Waals surface area contributed by atoms with E-state index < -0.39 is 0 Å². The molecule has 3 N–H and O–H groups in total. The molecule has 0 aliphatic carbocycles. The van der Waals surface area contributed by atoms with Crippen LogP contribution in [0.4, 0.5) is 5.69 Å². The zero-order valence-corrected chi connectivity index (χ0v) is 20.2. The number of anilines is 1. The van der Waals surface area contributed by atoms with E-state index in [-0.39, 0.29) is 38.4 Å². The Hall–Kier alpha value is -1.06. The summed E-state index contributed by atoms with van der Waals surface area (Å²) >= 11 is 9.41. The zero-order chi connectivity index (χ0) is 22.1. The largest absolute Gasteiger partial charge is 0.506 e. The number of carbonyl (C=O) groups excluding carboxylic acids is 1. The number of likely N-dealkylation sites (tertiary alicyclic amines) is 1. The predicted octanol–water partition coefficient (Wildman–Crippen LogP) is 3.76. The van der Waals surface area contributed by atoms with Crippen LogP contribution in [0.1, 0.15) is 42.5 Å². The van der Waals surface area contributed by atoms with E-state index >= 15 is 0 Å². The highest BCUT2D eigenvalue weighted by atomic mass is 79.9. The summed E-state index contributed by atoms with van der Waals surface area (Å²) in [7, 11) is 3.38. The molecule has 30 heavy (non-hydrogen) atoms. The number of phenols is 1. The maximum atomic E-state index is 13.4. The lowest BCUT2D eigenvalue weighted by atomic mass is 10.0. The van der Waals surface area contributed by atoms with Crippen LogP contribution in [0.2, 0.25) is 5.02 Å². The second-order valence-electron chi connectivity index (χ2n) is 7.60. The normalized spacial score (nSPS) is 15.5. The molecular formula is C21H33BrClN3O4. The van der Waals surface area contributed by atoms with Crippen molar-refractivity contribution in [3.05, 3.63) is 21.1 Å². The van der Waals surface area contributed by atoms with Crippen LogP contribution in [0.15, 0.2) is 10.5 Å². The highest BCUT2D eigenvalue weighted by molar-refractivity contribution is 9.10. The lowest BCUT2D eigenvalue weighted by Gasteiger charge is -2.39. The molecule has 0 saturated carbocycles. The van der Waals surface area contributed by atoms with E-state index in [1.165, 1.54) is 6.07 Å². The number of unbranched alkanes of at least 4 members (excludes halogenated alkanes) is 1. The Balaban J connectivity index is 2.09. The average Bonchev–Trinajstić information content (AvgIpc) is 2.75. The summed E-state index contributed by atoms with van der Waals surface area (Å²) in [6.45, 7) is 4.87. The van der Waals surface area contributed by atoms with Crippen molar-refractivity contribution in [2.24, 2.45) is 0 Å². The van der Waals surface area contributed by atoms with Crippen molar-refractivity contribution in [1.82, 2.24) is 9.80 Å². The third kappa shape index (κ3) is 6.72. The highest BCUT2D eigenvalue weighted by Crippen LogP contribution is 2.39. The molecule has 0 radical (unpaired) electrons. The van der Waals surface area contributed by atoms with E-state index in [1.54, 1.807) is 14.2 Å². The molecule has 170 valence electrons. The minimum absolute atomic E-state index is 0.110. The molecule has 1 saturated heterocycles. The zero-order valence-electron chi connectivity index (χ0n) is 17.8. The van der Waals surface area contributed by atoms with Gasteiger partial charge in [-0.1, -0.05) is 11.6 Å². The summed E-state index contributed by atoms with van der Waals surface area (Å²) in [6, 6.07) is 1.56. The fourth-order valence-electron chi connectivity index (χ4n) is 3.81. The van der Waals surface area contributed by atoms with Gasteiger partial charge in [-0.25, -0.2) is 0 Å². The highest BCUT2D eigenvalue weighted by Gasteiger charge is 2.30. The first kappa shape index (κ1) is 25.2. The van der Waals surface area contributed by atoms with Gasteiger partial charge in [0, 0.05) is 53.1 Å². The maximum Gasteiger partial charge on any atom is 0.257 e. The molecule has 1 aromatic carbocycles. The summed E-state index contributed by atoms with van der Waals surface area (Å²) in [4.78, 5) is 17.7. The van der Waals surface area contributed by atoms with Gasteiger partial charge in [0.1, 0.15) is 5.75 Å². The molecule has 1 aliphatic heterocycles. The molecule has 0 atom stereocenters. The second kappa shape index (κ2) is 12.7. The van der Waals surface area contributed by atoms with Crippen molar-refractivity contribution in [1.29, 1.82) is 0 Å². The number of nitrogens with zero attached hydrogens (tertiary/aromatic N) is 2. The minimum Gasteiger partial charge on any atom is -0.506 e. The number of nitrogen functional groups attached to an aromatic ring is 1. The minimum atomic E-state index is -0.232. The molecule has 7 nitrogen and oxygen atoms in total. The number of hydrogen-bond donors (Lipinski definition) is 2. The molecule has 1 amide bonds. The van der Waals surface area contributed by atoms with Crippen LogP contribution in [0, 0.1) is 0 Å². The molecule has 0 unspecified atom stereocenters. The lowest BCUT2D eigenvalue weighted by molar-refractivity contribution is 0.0538. The van der Waals surface area contributed by atoms with E-state index in [9.17, 15) is 9.90 Å². The number of halogens is 2. The smallest absolute Gasteiger partial charge is 0.257 e. The summed E-state index contributed by atoms with van der Waals surface area (Å²) in [5, 5.41) is 10.7. The number of methoxy groups -OCH3 is 2. The van der Waals surface area contributed by atoms with Gasteiger partial charge >= 0.3 is 0 Å². The van der Waals surface area contributed by atoms with Crippen molar-refractivity contribution in [3.8, 4) is 5.75 Å². The van der Waals surface area contributed by atoms with Gasteiger partial charge in [-0.05, 0) is 60.6 Å². The third-order valence-corrected chi connectivity index (χ3v) is 6.65. The van der Waals surface area contributed by atoms with E-state index in [0.29, 0.717) is 13.2 Å². The van der Waals surface area contributed by atoms with Gasteiger partial charge in [0.15, 0.2) is 0 Å². The monoisotopic (exact) mass is 505 g/mol. The van der Waals surface area contributed by atoms with Crippen molar-refractivity contribution < 1.29 is 19.4 Å². The molecule has 1 heterocycles. The van der Waals surface area contributed by atoms with Crippen molar-refractivity contribution in [2.75, 3.05) is 59.3 Å². The maximum absolute atomic E-state index is 13.4. The number of hydrogen-bond acceptors (Lipinski definition) is 6. The number of rotatable bonds is 11. The average molecular weight is 507 g/mol. The fourth-order valence-corrected chi connectivity index (χ4v) is 4.55. The number of amides is 1. The molecular weight excluding hydrogens is 474 g/mol. The Morgan fingerprint density at radius 1 is 1.27 bits per heavy atom. The molecule has 1 aromatic rings. The van der Waals surface area contributed by atoms with Crippen LogP contribution >= 0.6 is 27.5 Å². The third-order valence-electron chi connectivity index (χ3n) is 5.54. The number of phenolic OH excluding ortho intramolecular Hbond substituents is 1. The van der Waals surface area contributed by atoms with E-state index in [0.717, 1.165) is 58.3 Å². The summed E-state index contributed by atoms with van der Waals surface area (Å²) in [6.07, 6.45) is 4.69. The Kier molecular flexibility index (Phi) is 10.7. The molecule has 0 spiro atoms. The number of aromatic hydroxyl groups is 1. The van der Waals surface area contributed by atoms with Gasteiger partial charge in [0.25, 0.3) is 5.91 Å². The SMILES string of the molecule is COCCCCN1CCC(N(CCCOC)C(=O)c2cc(Cl)c(N)c(Br)c2O)CC1. The molecule has 1 fully saturated rings. The summed E-state index contributed by atoms with van der Waals surface area (Å²) < 4.78 is 10.5. The Bertz CT molecular complexity index is 699. The lowest BCUT2D eigenvalue weighted by Crippen LogP contribution is -2.48. The van der Waals surface area contributed by atoms with Crippen LogP contribution in [0.3, 0.4) is 0 Å². The molecule has 1 aliphatic rings. The summed E-state index contributed by atoms with van der Waals surface area (Å²) in [5.74, 6) is -0.404. The standard InChI is InChI=1S/C21H33BrClN3O4/c1-29-12-4-3-8-25-10-6-15(7-11-25)26(9-5-13-30-2)21(28)16-14-17(23)19(24)18(22)20(16)27/h14-15,27H,3-13,24H2,1-2H3. The van der Waals surface area contributed by atoms with Crippen LogP contribution in [-0.2, 0) is 9.47 Å². The summed E-state index contributed by atoms with van der Waals surface area (Å²) in [5.41, 5.74) is 6.24. The number of carbonyl (C=O) groups is 1. The second-order valence-corrected chi connectivity index (χ2v) is 8.80. The van der Waals surface area contributed by atoms with Gasteiger partial charge < -0.3 is 30.1 Å². The first-order valence-electron chi connectivity index (χ1n) is 10.4. The predicted molar refractivity (Wildman–Crippen MR) is 123 cm³/mol. The number of piperidine rings is 1. The molecule has 0 bridgehead atoms. The van der Waals surface area contributed by atoms with Crippen LogP contribution in [0.5, 0.6) is 5.75 Å². The van der Waals surface area contributed by atoms with Gasteiger partial charge in [-0.3, -0.25) is 4.79 Å².